The van der Waals surface area contributed by atoms with Crippen LogP contribution < -0.4 is 20.9 Å². The van der Waals surface area contributed by atoms with Crippen molar-refractivity contribution in [2.45, 2.75) is 13.5 Å². The van der Waals surface area contributed by atoms with Gasteiger partial charge in [0.1, 0.15) is 5.75 Å². The van der Waals surface area contributed by atoms with Crippen LogP contribution >= 0.6 is 0 Å². The van der Waals surface area contributed by atoms with Crippen LogP contribution in [0.1, 0.15) is 5.69 Å². The van der Waals surface area contributed by atoms with E-state index in [0.717, 1.165) is 11.4 Å². The van der Waals surface area contributed by atoms with Crippen LogP contribution in [0, 0.1) is 6.92 Å². The first-order chi connectivity index (χ1) is 10.6. The average Bonchev–Trinajstić information content (AvgIpc) is 2.50. The predicted octanol–water partition coefficient (Wildman–Crippen LogP) is 1.99. The number of pyridine rings is 1. The van der Waals surface area contributed by atoms with Crippen LogP contribution in [0.5, 0.6) is 5.75 Å². The number of hydrogen-bond acceptors (Lipinski definition) is 3. The molecule has 6 heteroatoms. The van der Waals surface area contributed by atoms with E-state index in [4.69, 9.17) is 4.74 Å². The Hall–Kier alpha value is -2.76. The molecule has 0 aliphatic rings. The summed E-state index contributed by atoms with van der Waals surface area (Å²) in [7, 11) is 1.52. The van der Waals surface area contributed by atoms with Crippen LogP contribution in [0.4, 0.5) is 10.5 Å². The number of carbonyl (C=O) groups is 1. The van der Waals surface area contributed by atoms with Gasteiger partial charge in [-0.1, -0.05) is 18.2 Å². The molecule has 116 valence electrons. The van der Waals surface area contributed by atoms with E-state index < -0.39 is 0 Å². The van der Waals surface area contributed by atoms with Gasteiger partial charge in [-0.2, -0.15) is 0 Å². The van der Waals surface area contributed by atoms with Crippen molar-refractivity contribution < 1.29 is 9.53 Å². The Morgan fingerprint density at radius 1 is 1.23 bits per heavy atom. The minimum Gasteiger partial charge on any atom is -0.496 e. The van der Waals surface area contributed by atoms with Gasteiger partial charge in [0.2, 0.25) is 0 Å². The Balaban J connectivity index is 1.89. The highest BCUT2D eigenvalue weighted by molar-refractivity contribution is 5.89. The Bertz CT molecular complexity index is 696. The van der Waals surface area contributed by atoms with E-state index in [0.29, 0.717) is 18.8 Å². The summed E-state index contributed by atoms with van der Waals surface area (Å²) in [6, 6.07) is 12.1. The number of urea groups is 1. The summed E-state index contributed by atoms with van der Waals surface area (Å²) in [6.07, 6.45) is 0. The van der Waals surface area contributed by atoms with Crippen LogP contribution in [0.15, 0.2) is 47.3 Å². The highest BCUT2D eigenvalue weighted by Crippen LogP contribution is 2.08. The molecule has 6 nitrogen and oxygen atoms in total. The number of hydrogen-bond donors (Lipinski definition) is 2. The third-order valence-electron chi connectivity index (χ3n) is 3.20. The summed E-state index contributed by atoms with van der Waals surface area (Å²) in [5, 5.41) is 5.44. The first kappa shape index (κ1) is 15.6. The van der Waals surface area contributed by atoms with E-state index in [1.165, 1.54) is 13.2 Å². The number of aromatic nitrogens is 1. The molecule has 1 aromatic carbocycles. The number of methoxy groups -OCH3 is 1. The zero-order valence-corrected chi connectivity index (χ0v) is 12.6. The molecule has 0 saturated carbocycles. The molecule has 0 radical (unpaired) electrons. The van der Waals surface area contributed by atoms with Crippen molar-refractivity contribution in [1.29, 1.82) is 0 Å². The van der Waals surface area contributed by atoms with Gasteiger partial charge in [-0.05, 0) is 25.1 Å². The first-order valence-electron chi connectivity index (χ1n) is 6.95. The third kappa shape index (κ3) is 4.12. The summed E-state index contributed by atoms with van der Waals surface area (Å²) in [4.78, 5) is 23.7. The number of carbonyl (C=O) groups excluding carboxylic acids is 1. The number of amides is 2. The van der Waals surface area contributed by atoms with Crippen molar-refractivity contribution in [3.63, 3.8) is 0 Å². The molecule has 0 fully saturated rings. The van der Waals surface area contributed by atoms with Crippen molar-refractivity contribution in [2.75, 3.05) is 19.0 Å². The maximum atomic E-state index is 11.9. The van der Waals surface area contributed by atoms with Gasteiger partial charge in [0, 0.05) is 30.5 Å². The highest BCUT2D eigenvalue weighted by atomic mass is 16.5. The minimum atomic E-state index is -0.301. The van der Waals surface area contributed by atoms with Crippen LogP contribution in [-0.2, 0) is 6.54 Å². The van der Waals surface area contributed by atoms with E-state index in [9.17, 15) is 9.59 Å². The smallest absolute Gasteiger partial charge is 0.319 e. The maximum Gasteiger partial charge on any atom is 0.319 e. The fraction of sp³-hybridized carbons (Fsp3) is 0.250. The quantitative estimate of drug-likeness (QED) is 0.887. The summed E-state index contributed by atoms with van der Waals surface area (Å²) in [5.74, 6) is 0.536. The average molecular weight is 301 g/mol. The van der Waals surface area contributed by atoms with E-state index >= 15 is 0 Å². The molecule has 0 saturated heterocycles. The topological polar surface area (TPSA) is 72.4 Å². The number of para-hydroxylation sites is 1. The first-order valence-corrected chi connectivity index (χ1v) is 6.95. The lowest BCUT2D eigenvalue weighted by atomic mass is 10.3. The molecule has 22 heavy (non-hydrogen) atoms. The van der Waals surface area contributed by atoms with E-state index in [2.05, 4.69) is 10.6 Å². The molecule has 2 N–H and O–H groups in total. The van der Waals surface area contributed by atoms with Crippen molar-refractivity contribution in [2.24, 2.45) is 0 Å². The van der Waals surface area contributed by atoms with Gasteiger partial charge >= 0.3 is 6.03 Å². The predicted molar refractivity (Wildman–Crippen MR) is 85.5 cm³/mol. The molecule has 0 unspecified atom stereocenters. The second-order valence-corrected chi connectivity index (χ2v) is 4.77. The number of anilines is 1. The zero-order valence-electron chi connectivity index (χ0n) is 12.6. The molecule has 0 aliphatic heterocycles. The monoisotopic (exact) mass is 301 g/mol. The summed E-state index contributed by atoms with van der Waals surface area (Å²) < 4.78 is 6.64. The number of benzene rings is 1. The van der Waals surface area contributed by atoms with Crippen LogP contribution in [-0.4, -0.2) is 24.3 Å². The number of aryl methyl sites for hydroxylation is 1. The van der Waals surface area contributed by atoms with Gasteiger partial charge < -0.3 is 19.9 Å². The normalized spacial score (nSPS) is 10.1. The van der Waals surface area contributed by atoms with Gasteiger partial charge in [-0.15, -0.1) is 0 Å². The maximum absolute atomic E-state index is 11.9. The van der Waals surface area contributed by atoms with Crippen LogP contribution in [0.2, 0.25) is 0 Å². The molecule has 2 aromatic rings. The Morgan fingerprint density at radius 2 is 1.95 bits per heavy atom. The van der Waals surface area contributed by atoms with Crippen molar-refractivity contribution >= 4 is 11.7 Å². The zero-order chi connectivity index (χ0) is 15.9. The molecule has 1 heterocycles. The number of rotatable bonds is 5. The molecule has 2 amide bonds. The number of ether oxygens (including phenoxy) is 1. The van der Waals surface area contributed by atoms with Gasteiger partial charge in [0.05, 0.1) is 7.11 Å². The van der Waals surface area contributed by atoms with E-state index in [-0.39, 0.29) is 11.6 Å². The van der Waals surface area contributed by atoms with Crippen molar-refractivity contribution in [3.05, 3.63) is 58.5 Å². The second kappa shape index (κ2) is 7.31. The molecule has 0 atom stereocenters. The molecule has 0 spiro atoms. The lowest BCUT2D eigenvalue weighted by Crippen LogP contribution is -2.34. The SMILES string of the molecule is COc1cc(C)n(CCNC(=O)Nc2ccccc2)c(=O)c1. The largest absolute Gasteiger partial charge is 0.496 e. The minimum absolute atomic E-state index is 0.151. The third-order valence-corrected chi connectivity index (χ3v) is 3.20. The number of nitrogens with one attached hydrogen (secondary N) is 2. The summed E-state index contributed by atoms with van der Waals surface area (Å²) >= 11 is 0. The molecular weight excluding hydrogens is 282 g/mol. The molecular formula is C16H19N3O3. The fourth-order valence-electron chi connectivity index (χ4n) is 2.08. The molecule has 2 rings (SSSR count). The Morgan fingerprint density at radius 3 is 2.59 bits per heavy atom. The Kier molecular flexibility index (Phi) is 5.19. The second-order valence-electron chi connectivity index (χ2n) is 4.77. The van der Waals surface area contributed by atoms with Gasteiger partial charge in [-0.3, -0.25) is 4.79 Å². The van der Waals surface area contributed by atoms with Gasteiger partial charge in [0.15, 0.2) is 0 Å². The van der Waals surface area contributed by atoms with Gasteiger partial charge in [-0.25, -0.2) is 4.79 Å². The highest BCUT2D eigenvalue weighted by Gasteiger charge is 2.05. The molecule has 0 bridgehead atoms. The van der Waals surface area contributed by atoms with E-state index in [1.54, 1.807) is 22.8 Å². The van der Waals surface area contributed by atoms with Crippen LogP contribution in [0.25, 0.3) is 0 Å². The number of nitrogens with zero attached hydrogens (tertiary/aromatic N) is 1. The summed E-state index contributed by atoms with van der Waals surface area (Å²) in [5.41, 5.74) is 1.36. The van der Waals surface area contributed by atoms with E-state index in [1.807, 2.05) is 25.1 Å². The molecule has 0 aliphatic carbocycles. The standard InChI is InChI=1S/C16H19N3O3/c1-12-10-14(22-2)11-15(20)19(12)9-8-17-16(21)18-13-6-4-3-5-7-13/h3-7,10-11H,8-9H2,1-2H3,(H2,17,18,21). The lowest BCUT2D eigenvalue weighted by molar-refractivity contribution is 0.251. The molecule has 1 aromatic heterocycles. The van der Waals surface area contributed by atoms with Gasteiger partial charge in [0.25, 0.3) is 5.56 Å². The van der Waals surface area contributed by atoms with Crippen molar-refractivity contribution in [1.82, 2.24) is 9.88 Å². The van der Waals surface area contributed by atoms with Crippen LogP contribution in [0.3, 0.4) is 0 Å². The fourth-order valence-corrected chi connectivity index (χ4v) is 2.08. The van der Waals surface area contributed by atoms with Crippen molar-refractivity contribution in [3.8, 4) is 5.75 Å². The summed E-state index contributed by atoms with van der Waals surface area (Å²) in [6.45, 7) is 2.58. The Labute approximate surface area is 128 Å². The lowest BCUT2D eigenvalue weighted by Gasteiger charge is -2.12.